The third kappa shape index (κ3) is 2.86. The predicted octanol–water partition coefficient (Wildman–Crippen LogP) is 0.440. The van der Waals surface area contributed by atoms with Gasteiger partial charge in [-0.05, 0) is 19.8 Å². The number of piperidine rings is 1. The van der Waals surface area contributed by atoms with Crippen LogP contribution >= 0.6 is 0 Å². The van der Waals surface area contributed by atoms with Gasteiger partial charge in [-0.2, -0.15) is 10.2 Å². The van der Waals surface area contributed by atoms with Crippen molar-refractivity contribution in [1.29, 1.82) is 0 Å². The molecule has 0 N–H and O–H groups in total. The Morgan fingerprint density at radius 3 is 3.00 bits per heavy atom. The smallest absolute Gasteiger partial charge is 0.270 e. The summed E-state index contributed by atoms with van der Waals surface area (Å²) >= 11 is 0. The fourth-order valence-electron chi connectivity index (χ4n) is 2.95. The van der Waals surface area contributed by atoms with Crippen LogP contribution in [0, 0.1) is 0 Å². The standard InChI is InChI=1S/C14H20N6O2/c1-2-19-13(21)6-5-12(17-19)14(22)18-7-3-4-11(8-18)20-10-15-9-16-20/h9-11H,2-8H2,1H3. The molecule has 2 aliphatic heterocycles. The second kappa shape index (κ2) is 6.25. The van der Waals surface area contributed by atoms with Crippen LogP contribution in [0.4, 0.5) is 0 Å². The van der Waals surface area contributed by atoms with E-state index in [-0.39, 0.29) is 17.9 Å². The van der Waals surface area contributed by atoms with Gasteiger partial charge >= 0.3 is 0 Å². The lowest BCUT2D eigenvalue weighted by Crippen LogP contribution is -2.46. The minimum atomic E-state index is -0.0595. The van der Waals surface area contributed by atoms with Crippen LogP contribution in [0.25, 0.3) is 0 Å². The van der Waals surface area contributed by atoms with Crippen LogP contribution in [0.1, 0.15) is 38.6 Å². The van der Waals surface area contributed by atoms with Crippen molar-refractivity contribution in [2.75, 3.05) is 19.6 Å². The van der Waals surface area contributed by atoms with Crippen molar-refractivity contribution < 1.29 is 9.59 Å². The molecular weight excluding hydrogens is 284 g/mol. The van der Waals surface area contributed by atoms with Gasteiger partial charge in [-0.3, -0.25) is 9.59 Å². The van der Waals surface area contributed by atoms with E-state index in [1.165, 1.54) is 11.3 Å². The minimum absolute atomic E-state index is 0.0156. The van der Waals surface area contributed by atoms with E-state index in [1.807, 2.05) is 16.5 Å². The third-order valence-corrected chi connectivity index (χ3v) is 4.15. The van der Waals surface area contributed by atoms with E-state index in [9.17, 15) is 9.59 Å². The summed E-state index contributed by atoms with van der Waals surface area (Å²) in [5.74, 6) is -0.0750. The SMILES string of the molecule is CCN1N=C(C(=O)N2CCCC(n3cncn3)C2)CCC1=O. The highest BCUT2D eigenvalue weighted by atomic mass is 16.2. The van der Waals surface area contributed by atoms with Crippen molar-refractivity contribution >= 4 is 17.5 Å². The zero-order chi connectivity index (χ0) is 15.5. The molecule has 1 fully saturated rings. The lowest BCUT2D eigenvalue weighted by Gasteiger charge is -2.33. The monoisotopic (exact) mass is 304 g/mol. The first-order valence-electron chi connectivity index (χ1n) is 7.70. The largest absolute Gasteiger partial charge is 0.335 e. The average Bonchev–Trinajstić information content (AvgIpc) is 3.09. The maximum atomic E-state index is 12.6. The molecule has 0 spiro atoms. The van der Waals surface area contributed by atoms with Gasteiger partial charge in [-0.15, -0.1) is 0 Å². The molecule has 0 bridgehead atoms. The van der Waals surface area contributed by atoms with E-state index < -0.39 is 0 Å². The quantitative estimate of drug-likeness (QED) is 0.811. The zero-order valence-electron chi connectivity index (χ0n) is 12.7. The van der Waals surface area contributed by atoms with Gasteiger partial charge in [0, 0.05) is 32.5 Å². The van der Waals surface area contributed by atoms with Gasteiger partial charge in [-0.1, -0.05) is 0 Å². The van der Waals surface area contributed by atoms with Crippen LogP contribution in [0.3, 0.4) is 0 Å². The van der Waals surface area contributed by atoms with Gasteiger partial charge in [0.05, 0.1) is 6.04 Å². The molecule has 3 rings (SSSR count). The Kier molecular flexibility index (Phi) is 4.17. The summed E-state index contributed by atoms with van der Waals surface area (Å²) in [6.45, 7) is 3.69. The minimum Gasteiger partial charge on any atom is -0.335 e. The third-order valence-electron chi connectivity index (χ3n) is 4.15. The molecule has 0 radical (unpaired) electrons. The number of hydrogen-bond donors (Lipinski definition) is 0. The number of nitrogens with zero attached hydrogens (tertiary/aromatic N) is 6. The van der Waals surface area contributed by atoms with Crippen LogP contribution in [0.15, 0.2) is 17.8 Å². The van der Waals surface area contributed by atoms with E-state index in [0.717, 1.165) is 19.4 Å². The number of aromatic nitrogens is 3. The van der Waals surface area contributed by atoms with Gasteiger partial charge in [0.2, 0.25) is 5.91 Å². The molecule has 8 nitrogen and oxygen atoms in total. The summed E-state index contributed by atoms with van der Waals surface area (Å²) < 4.78 is 1.81. The van der Waals surface area contributed by atoms with Crippen molar-refractivity contribution in [2.45, 2.75) is 38.6 Å². The number of carbonyl (C=O) groups is 2. The normalized spacial score (nSPS) is 22.7. The number of rotatable bonds is 3. The summed E-state index contributed by atoms with van der Waals surface area (Å²) in [6.07, 6.45) is 5.90. The molecule has 118 valence electrons. The van der Waals surface area contributed by atoms with Gasteiger partial charge in [0.25, 0.3) is 5.91 Å². The van der Waals surface area contributed by atoms with Gasteiger partial charge in [-0.25, -0.2) is 14.7 Å². The molecule has 1 atom stereocenters. The molecule has 22 heavy (non-hydrogen) atoms. The van der Waals surface area contributed by atoms with E-state index >= 15 is 0 Å². The Morgan fingerprint density at radius 2 is 2.27 bits per heavy atom. The molecule has 0 aliphatic carbocycles. The summed E-state index contributed by atoms with van der Waals surface area (Å²) in [5.41, 5.74) is 0.487. The van der Waals surface area contributed by atoms with Gasteiger partial charge in [0.1, 0.15) is 18.4 Å². The Hall–Kier alpha value is -2.25. The number of carbonyl (C=O) groups excluding carboxylic acids is 2. The van der Waals surface area contributed by atoms with Crippen LogP contribution in [0.5, 0.6) is 0 Å². The fourth-order valence-corrected chi connectivity index (χ4v) is 2.95. The Labute approximate surface area is 128 Å². The van der Waals surface area contributed by atoms with E-state index in [2.05, 4.69) is 15.2 Å². The van der Waals surface area contributed by atoms with Crippen molar-refractivity contribution in [1.82, 2.24) is 24.7 Å². The van der Waals surface area contributed by atoms with E-state index in [0.29, 0.717) is 31.6 Å². The second-order valence-electron chi connectivity index (χ2n) is 5.58. The first-order chi connectivity index (χ1) is 10.7. The van der Waals surface area contributed by atoms with Crippen molar-refractivity contribution in [3.63, 3.8) is 0 Å². The lowest BCUT2D eigenvalue weighted by molar-refractivity contribution is -0.132. The lowest BCUT2D eigenvalue weighted by atomic mass is 10.0. The van der Waals surface area contributed by atoms with Gasteiger partial charge in [0.15, 0.2) is 0 Å². The summed E-state index contributed by atoms with van der Waals surface area (Å²) in [7, 11) is 0. The molecular formula is C14H20N6O2. The first-order valence-corrected chi connectivity index (χ1v) is 7.70. The summed E-state index contributed by atoms with van der Waals surface area (Å²) in [5, 5.41) is 9.77. The Bertz CT molecular complexity index is 582. The fraction of sp³-hybridized carbons (Fsp3) is 0.643. The highest BCUT2D eigenvalue weighted by molar-refractivity contribution is 6.39. The molecule has 0 saturated carbocycles. The average molecular weight is 304 g/mol. The maximum Gasteiger partial charge on any atom is 0.270 e. The molecule has 1 unspecified atom stereocenters. The van der Waals surface area contributed by atoms with Crippen molar-refractivity contribution in [2.24, 2.45) is 5.10 Å². The molecule has 2 amide bonds. The van der Waals surface area contributed by atoms with Crippen LogP contribution < -0.4 is 0 Å². The second-order valence-corrected chi connectivity index (χ2v) is 5.58. The number of hydrazone groups is 1. The number of hydrogen-bond acceptors (Lipinski definition) is 5. The summed E-state index contributed by atoms with van der Waals surface area (Å²) in [4.78, 5) is 30.1. The first kappa shape index (κ1) is 14.7. The number of likely N-dealkylation sites (tertiary alicyclic amines) is 1. The van der Waals surface area contributed by atoms with Crippen molar-refractivity contribution in [3.8, 4) is 0 Å². The molecule has 1 aromatic rings. The predicted molar refractivity (Wildman–Crippen MR) is 78.9 cm³/mol. The Morgan fingerprint density at radius 1 is 1.41 bits per heavy atom. The molecule has 1 aromatic heterocycles. The van der Waals surface area contributed by atoms with E-state index in [1.54, 1.807) is 6.33 Å². The highest BCUT2D eigenvalue weighted by Crippen LogP contribution is 2.21. The molecule has 2 aliphatic rings. The molecule has 3 heterocycles. The summed E-state index contributed by atoms with van der Waals surface area (Å²) in [6, 6.07) is 0.160. The highest BCUT2D eigenvalue weighted by Gasteiger charge is 2.30. The molecule has 1 saturated heterocycles. The van der Waals surface area contributed by atoms with Crippen LogP contribution in [-0.2, 0) is 9.59 Å². The van der Waals surface area contributed by atoms with E-state index in [4.69, 9.17) is 0 Å². The topological polar surface area (TPSA) is 83.7 Å². The zero-order valence-corrected chi connectivity index (χ0v) is 12.7. The number of amides is 2. The van der Waals surface area contributed by atoms with Crippen LogP contribution in [-0.4, -0.2) is 61.8 Å². The molecule has 0 aromatic carbocycles. The molecule has 8 heteroatoms. The van der Waals surface area contributed by atoms with Gasteiger partial charge < -0.3 is 4.90 Å². The Balaban J connectivity index is 1.70. The van der Waals surface area contributed by atoms with Crippen molar-refractivity contribution in [3.05, 3.63) is 12.7 Å². The maximum absolute atomic E-state index is 12.6. The van der Waals surface area contributed by atoms with Crippen LogP contribution in [0.2, 0.25) is 0 Å².